The predicted molar refractivity (Wildman–Crippen MR) is 56.4 cm³/mol. The van der Waals surface area contributed by atoms with Gasteiger partial charge in [0.25, 0.3) is 0 Å². The molecule has 0 saturated heterocycles. The van der Waals surface area contributed by atoms with Crippen molar-refractivity contribution in [2.24, 2.45) is 0 Å². The van der Waals surface area contributed by atoms with Crippen molar-refractivity contribution in [1.82, 2.24) is 0 Å². The van der Waals surface area contributed by atoms with Crippen LogP contribution in [0.4, 0.5) is 0 Å². The second-order valence-corrected chi connectivity index (χ2v) is 4.04. The van der Waals surface area contributed by atoms with Gasteiger partial charge >= 0.3 is 0 Å². The van der Waals surface area contributed by atoms with Gasteiger partial charge < -0.3 is 4.74 Å². The molecule has 1 unspecified atom stereocenters. The lowest BCUT2D eigenvalue weighted by atomic mass is 10.2. The van der Waals surface area contributed by atoms with Crippen LogP contribution in [0.3, 0.4) is 0 Å². The van der Waals surface area contributed by atoms with Crippen LogP contribution in [0, 0.1) is 0 Å². The number of benzene rings is 1. The Morgan fingerprint density at radius 2 is 2.15 bits per heavy atom. The van der Waals surface area contributed by atoms with Crippen LogP contribution in [0.25, 0.3) is 0 Å². The van der Waals surface area contributed by atoms with Gasteiger partial charge in [-0.2, -0.15) is 0 Å². The summed E-state index contributed by atoms with van der Waals surface area (Å²) in [5, 5.41) is 2.11. The first-order valence-corrected chi connectivity index (χ1v) is 5.35. The number of ether oxygens (including phenoxy) is 1. The van der Waals surface area contributed by atoms with Gasteiger partial charge in [-0.15, -0.1) is 11.8 Å². The second kappa shape index (κ2) is 4.49. The topological polar surface area (TPSA) is 9.23 Å². The quantitative estimate of drug-likeness (QED) is 0.727. The number of thioether (sulfide) groups is 1. The van der Waals surface area contributed by atoms with Gasteiger partial charge in [0.2, 0.25) is 0 Å². The van der Waals surface area contributed by atoms with Crippen LogP contribution in [0.5, 0.6) is 0 Å². The van der Waals surface area contributed by atoms with Crippen molar-refractivity contribution in [3.63, 3.8) is 0 Å². The normalized spacial score (nSPS) is 20.8. The molecular formula is C11H12OS. The molecule has 2 heteroatoms. The van der Waals surface area contributed by atoms with Gasteiger partial charge in [0.05, 0.1) is 6.61 Å². The molecule has 0 aromatic heterocycles. The lowest BCUT2D eigenvalue weighted by Gasteiger charge is -2.09. The van der Waals surface area contributed by atoms with Crippen LogP contribution in [0.2, 0.25) is 0 Å². The van der Waals surface area contributed by atoms with E-state index in [0.717, 1.165) is 13.0 Å². The van der Waals surface area contributed by atoms with Crippen LogP contribution < -0.4 is 0 Å². The zero-order valence-corrected chi connectivity index (χ0v) is 8.17. The van der Waals surface area contributed by atoms with Crippen molar-refractivity contribution in [2.75, 3.05) is 0 Å². The fourth-order valence-corrected chi connectivity index (χ4v) is 2.00. The van der Waals surface area contributed by atoms with Crippen molar-refractivity contribution in [2.45, 2.75) is 18.5 Å². The summed E-state index contributed by atoms with van der Waals surface area (Å²) in [5.74, 6) is 0. The maximum absolute atomic E-state index is 5.69. The van der Waals surface area contributed by atoms with E-state index >= 15 is 0 Å². The molecule has 2 rings (SSSR count). The van der Waals surface area contributed by atoms with E-state index in [1.165, 1.54) is 5.56 Å². The van der Waals surface area contributed by atoms with Crippen molar-refractivity contribution >= 4 is 11.8 Å². The highest BCUT2D eigenvalue weighted by molar-refractivity contribution is 8.02. The summed E-state index contributed by atoms with van der Waals surface area (Å²) in [6, 6.07) is 10.3. The Labute approximate surface area is 82.8 Å². The van der Waals surface area contributed by atoms with Crippen molar-refractivity contribution < 1.29 is 4.74 Å². The fourth-order valence-electron chi connectivity index (χ4n) is 1.24. The molecule has 1 nitrogen and oxygen atoms in total. The molecule has 0 saturated carbocycles. The molecule has 1 aliphatic rings. The smallest absolute Gasteiger partial charge is 0.111 e. The van der Waals surface area contributed by atoms with Crippen molar-refractivity contribution in [1.29, 1.82) is 0 Å². The maximum Gasteiger partial charge on any atom is 0.111 e. The summed E-state index contributed by atoms with van der Waals surface area (Å²) >= 11 is 1.76. The molecule has 0 bridgehead atoms. The average Bonchev–Trinajstić information content (AvgIpc) is 2.69. The summed E-state index contributed by atoms with van der Waals surface area (Å²) in [7, 11) is 0. The molecule has 1 aliphatic heterocycles. The van der Waals surface area contributed by atoms with E-state index in [-0.39, 0.29) is 0 Å². The Morgan fingerprint density at radius 1 is 1.31 bits per heavy atom. The molecule has 13 heavy (non-hydrogen) atoms. The minimum atomic E-state index is 0.334. The van der Waals surface area contributed by atoms with Crippen molar-refractivity contribution in [3.05, 3.63) is 47.4 Å². The molecule has 0 amide bonds. The molecule has 0 spiro atoms. The van der Waals surface area contributed by atoms with Gasteiger partial charge in [0, 0.05) is 6.42 Å². The molecule has 0 fully saturated rings. The molecule has 0 N–H and O–H groups in total. The van der Waals surface area contributed by atoms with E-state index in [2.05, 4.69) is 23.6 Å². The van der Waals surface area contributed by atoms with Crippen LogP contribution in [0.15, 0.2) is 41.8 Å². The minimum Gasteiger partial charge on any atom is -0.362 e. The van der Waals surface area contributed by atoms with Crippen LogP contribution in [0.1, 0.15) is 12.0 Å². The number of hydrogen-bond acceptors (Lipinski definition) is 2. The highest BCUT2D eigenvalue weighted by Crippen LogP contribution is 2.25. The first-order chi connectivity index (χ1) is 6.45. The Hall–Kier alpha value is -0.730. The zero-order chi connectivity index (χ0) is 8.93. The Bertz CT molecular complexity index is 273. The molecule has 0 aliphatic carbocycles. The van der Waals surface area contributed by atoms with Crippen LogP contribution in [-0.2, 0) is 11.3 Å². The van der Waals surface area contributed by atoms with Gasteiger partial charge in [-0.05, 0) is 11.0 Å². The van der Waals surface area contributed by atoms with Crippen molar-refractivity contribution in [3.8, 4) is 0 Å². The largest absolute Gasteiger partial charge is 0.362 e. The predicted octanol–water partition coefficient (Wildman–Crippen LogP) is 3.18. The summed E-state index contributed by atoms with van der Waals surface area (Å²) < 4.78 is 5.69. The van der Waals surface area contributed by atoms with Gasteiger partial charge in [-0.25, -0.2) is 0 Å². The zero-order valence-electron chi connectivity index (χ0n) is 7.35. The van der Waals surface area contributed by atoms with E-state index in [4.69, 9.17) is 4.74 Å². The highest BCUT2D eigenvalue weighted by Gasteiger charge is 2.10. The molecule has 68 valence electrons. The Kier molecular flexibility index (Phi) is 3.06. The van der Waals surface area contributed by atoms with Crippen LogP contribution in [-0.4, -0.2) is 5.44 Å². The van der Waals surface area contributed by atoms with Gasteiger partial charge in [0.15, 0.2) is 0 Å². The average molecular weight is 192 g/mol. The first kappa shape index (κ1) is 8.85. The third-order valence-electron chi connectivity index (χ3n) is 1.93. The minimum absolute atomic E-state index is 0.334. The maximum atomic E-state index is 5.69. The highest BCUT2D eigenvalue weighted by atomic mass is 32.2. The Morgan fingerprint density at radius 3 is 2.85 bits per heavy atom. The monoisotopic (exact) mass is 192 g/mol. The number of hydrogen-bond donors (Lipinski definition) is 0. The summed E-state index contributed by atoms with van der Waals surface area (Å²) in [5.41, 5.74) is 1.58. The first-order valence-electron chi connectivity index (χ1n) is 4.41. The van der Waals surface area contributed by atoms with Gasteiger partial charge in [-0.1, -0.05) is 36.4 Å². The SMILES string of the molecule is C1=CSC(OCc2ccccc2)C1. The van der Waals surface area contributed by atoms with E-state index in [1.54, 1.807) is 11.8 Å². The molecule has 1 heterocycles. The fraction of sp³-hybridized carbons (Fsp3) is 0.273. The number of rotatable bonds is 3. The molecule has 1 atom stereocenters. The standard InChI is InChI=1S/C11H12OS/c1-2-5-10(6-3-1)9-12-11-7-4-8-13-11/h1-6,8,11H,7,9H2. The van der Waals surface area contributed by atoms with Crippen LogP contribution >= 0.6 is 11.8 Å². The lowest BCUT2D eigenvalue weighted by Crippen LogP contribution is -2.03. The van der Waals surface area contributed by atoms with E-state index in [0.29, 0.717) is 5.44 Å². The van der Waals surface area contributed by atoms with E-state index < -0.39 is 0 Å². The summed E-state index contributed by atoms with van der Waals surface area (Å²) in [4.78, 5) is 0. The second-order valence-electron chi connectivity index (χ2n) is 2.97. The van der Waals surface area contributed by atoms with Gasteiger partial charge in [-0.3, -0.25) is 0 Å². The third-order valence-corrected chi connectivity index (χ3v) is 2.92. The lowest BCUT2D eigenvalue weighted by molar-refractivity contribution is 0.103. The summed E-state index contributed by atoms with van der Waals surface area (Å²) in [6.07, 6.45) is 3.19. The third kappa shape index (κ3) is 2.61. The van der Waals surface area contributed by atoms with Gasteiger partial charge in [0.1, 0.15) is 5.44 Å². The molecule has 0 radical (unpaired) electrons. The van der Waals surface area contributed by atoms with E-state index in [9.17, 15) is 0 Å². The Balaban J connectivity index is 1.80. The summed E-state index contributed by atoms with van der Waals surface area (Å²) in [6.45, 7) is 0.722. The van der Waals surface area contributed by atoms with E-state index in [1.807, 2.05) is 18.2 Å². The molecule has 1 aromatic rings. The molecular weight excluding hydrogens is 180 g/mol. The molecule has 1 aromatic carbocycles.